The normalized spacial score (nSPS) is 33.4. The van der Waals surface area contributed by atoms with Crippen molar-refractivity contribution < 1.29 is 33.9 Å². The van der Waals surface area contributed by atoms with Gasteiger partial charge in [0.15, 0.2) is 11.6 Å². The number of allylic oxidation sites excluding steroid dienone is 2. The summed E-state index contributed by atoms with van der Waals surface area (Å²) in [4.78, 5) is 54.4. The third-order valence-corrected chi connectivity index (χ3v) is 8.59. The van der Waals surface area contributed by atoms with Crippen molar-refractivity contribution in [1.29, 1.82) is 0 Å². The van der Waals surface area contributed by atoms with Gasteiger partial charge in [-0.2, -0.15) is 5.06 Å². The highest BCUT2D eigenvalue weighted by atomic mass is 19.1. The van der Waals surface area contributed by atoms with Gasteiger partial charge in [0.25, 0.3) is 11.8 Å². The molecule has 2 N–H and O–H groups in total. The standard InChI is InChI=1S/C27H23FN2O6/c1-27-18(24(33)29(26(27)35)13-6-3-2-4-7-13)12-17-14(21(27)16-8-5-9-19(28)22(16)31)10-11-15-20(17)25(34)30(36)23(15)32/h2-10,15,17-18,20-21,31,36H,11-12H2,1H3/t15-,17+,18-,20-,21+,27+/m0/s1. The largest absolute Gasteiger partial charge is 0.505 e. The summed E-state index contributed by atoms with van der Waals surface area (Å²) in [5.74, 6) is -7.99. The Labute approximate surface area is 205 Å². The molecule has 2 aromatic carbocycles. The Hall–Kier alpha value is -3.85. The lowest BCUT2D eigenvalue weighted by molar-refractivity contribution is -0.173. The molecule has 4 amide bonds. The Balaban J connectivity index is 1.57. The third kappa shape index (κ3) is 2.71. The summed E-state index contributed by atoms with van der Waals surface area (Å²) in [5, 5.41) is 21.0. The molecule has 0 radical (unpaired) electrons. The third-order valence-electron chi connectivity index (χ3n) is 8.59. The maximum absolute atomic E-state index is 14.6. The molecule has 4 aliphatic rings. The fraction of sp³-hybridized carbons (Fsp3) is 0.333. The number of rotatable bonds is 2. The van der Waals surface area contributed by atoms with Gasteiger partial charge in [0.2, 0.25) is 11.8 Å². The lowest BCUT2D eigenvalue weighted by Gasteiger charge is -2.49. The fourth-order valence-corrected chi connectivity index (χ4v) is 6.93. The fourth-order valence-electron chi connectivity index (χ4n) is 6.93. The molecule has 3 fully saturated rings. The second-order valence-corrected chi connectivity index (χ2v) is 10.2. The molecule has 0 spiro atoms. The Morgan fingerprint density at radius 2 is 1.67 bits per heavy atom. The molecule has 2 aromatic rings. The lowest BCUT2D eigenvalue weighted by atomic mass is 9.51. The Morgan fingerprint density at radius 1 is 0.944 bits per heavy atom. The smallest absolute Gasteiger partial charge is 0.257 e. The van der Waals surface area contributed by atoms with Crippen LogP contribution in [-0.2, 0) is 19.2 Å². The summed E-state index contributed by atoms with van der Waals surface area (Å²) in [6.45, 7) is 1.65. The van der Waals surface area contributed by atoms with E-state index in [0.717, 1.165) is 11.0 Å². The molecular formula is C27H23FN2O6. The number of aromatic hydroxyl groups is 1. The molecule has 0 aromatic heterocycles. The molecule has 8 nitrogen and oxygen atoms in total. The number of hydrogen-bond acceptors (Lipinski definition) is 6. The second-order valence-electron chi connectivity index (χ2n) is 10.2. The predicted octanol–water partition coefficient (Wildman–Crippen LogP) is 3.15. The number of halogens is 1. The molecule has 184 valence electrons. The van der Waals surface area contributed by atoms with E-state index in [0.29, 0.717) is 11.3 Å². The number of nitrogens with zero attached hydrogens (tertiary/aromatic N) is 2. The quantitative estimate of drug-likeness (QED) is 0.380. The van der Waals surface area contributed by atoms with Gasteiger partial charge in [-0.05, 0) is 43.9 Å². The summed E-state index contributed by atoms with van der Waals surface area (Å²) in [6.07, 6.45) is 2.02. The van der Waals surface area contributed by atoms with Crippen molar-refractivity contribution in [1.82, 2.24) is 5.06 Å². The molecule has 0 unspecified atom stereocenters. The summed E-state index contributed by atoms with van der Waals surface area (Å²) in [6, 6.07) is 12.5. The zero-order valence-corrected chi connectivity index (χ0v) is 19.3. The van der Waals surface area contributed by atoms with Crippen LogP contribution in [0.3, 0.4) is 0 Å². The number of carbonyl (C=O) groups is 4. The first-order valence-corrected chi connectivity index (χ1v) is 11.8. The van der Waals surface area contributed by atoms with Gasteiger partial charge in [0.05, 0.1) is 28.9 Å². The Kier molecular flexibility index (Phi) is 4.75. The number of hydrogen-bond donors (Lipinski definition) is 2. The molecule has 0 bridgehead atoms. The van der Waals surface area contributed by atoms with E-state index in [-0.39, 0.29) is 23.5 Å². The van der Waals surface area contributed by atoms with Crippen LogP contribution in [0.5, 0.6) is 5.75 Å². The summed E-state index contributed by atoms with van der Waals surface area (Å²) >= 11 is 0. The van der Waals surface area contributed by atoms with Crippen LogP contribution in [0, 0.1) is 34.9 Å². The van der Waals surface area contributed by atoms with Gasteiger partial charge in [0, 0.05) is 11.5 Å². The minimum atomic E-state index is -1.38. The van der Waals surface area contributed by atoms with Crippen molar-refractivity contribution in [2.24, 2.45) is 29.1 Å². The van der Waals surface area contributed by atoms with Gasteiger partial charge in [-0.1, -0.05) is 42.0 Å². The number of imide groups is 2. The van der Waals surface area contributed by atoms with Crippen LogP contribution in [0.4, 0.5) is 10.1 Å². The number of benzene rings is 2. The van der Waals surface area contributed by atoms with Crippen LogP contribution in [-0.4, -0.2) is 39.0 Å². The van der Waals surface area contributed by atoms with Gasteiger partial charge in [-0.25, -0.2) is 9.29 Å². The van der Waals surface area contributed by atoms with Gasteiger partial charge < -0.3 is 5.11 Å². The van der Waals surface area contributed by atoms with E-state index in [9.17, 15) is 33.9 Å². The van der Waals surface area contributed by atoms with Crippen LogP contribution in [0.2, 0.25) is 0 Å². The van der Waals surface area contributed by atoms with Crippen molar-refractivity contribution in [2.45, 2.75) is 25.7 Å². The molecule has 6 rings (SSSR count). The van der Waals surface area contributed by atoms with Gasteiger partial charge in [0.1, 0.15) is 0 Å². The molecule has 1 saturated carbocycles. The molecule has 2 aliphatic carbocycles. The van der Waals surface area contributed by atoms with Crippen LogP contribution in [0.25, 0.3) is 0 Å². The zero-order chi connectivity index (χ0) is 25.5. The molecule has 36 heavy (non-hydrogen) atoms. The summed E-state index contributed by atoms with van der Waals surface area (Å²) in [5.41, 5.74) is -0.236. The predicted molar refractivity (Wildman–Crippen MR) is 123 cm³/mol. The number of carbonyl (C=O) groups excluding carboxylic acids is 4. The number of phenolic OH excluding ortho intramolecular Hbond substituents is 1. The maximum atomic E-state index is 14.6. The number of hydroxylamine groups is 2. The van der Waals surface area contributed by atoms with E-state index >= 15 is 0 Å². The highest BCUT2D eigenvalue weighted by Gasteiger charge is 2.68. The highest BCUT2D eigenvalue weighted by Crippen LogP contribution is 2.64. The van der Waals surface area contributed by atoms with Gasteiger partial charge in [-0.15, -0.1) is 0 Å². The van der Waals surface area contributed by atoms with Crippen molar-refractivity contribution in [3.63, 3.8) is 0 Å². The van der Waals surface area contributed by atoms with E-state index in [1.165, 1.54) is 12.1 Å². The van der Waals surface area contributed by atoms with Crippen molar-refractivity contribution >= 4 is 29.3 Å². The summed E-state index contributed by atoms with van der Waals surface area (Å²) in [7, 11) is 0. The minimum Gasteiger partial charge on any atom is -0.505 e. The number of para-hydroxylation sites is 2. The highest BCUT2D eigenvalue weighted by molar-refractivity contribution is 6.24. The van der Waals surface area contributed by atoms with Crippen LogP contribution >= 0.6 is 0 Å². The van der Waals surface area contributed by atoms with Crippen molar-refractivity contribution in [2.75, 3.05) is 4.90 Å². The first-order chi connectivity index (χ1) is 17.2. The average Bonchev–Trinajstić information content (AvgIpc) is 3.21. The van der Waals surface area contributed by atoms with E-state index in [1.807, 2.05) is 0 Å². The number of anilines is 1. The number of phenols is 1. The Morgan fingerprint density at radius 3 is 2.39 bits per heavy atom. The Bertz CT molecular complexity index is 1370. The molecule has 2 saturated heterocycles. The average molecular weight is 490 g/mol. The van der Waals surface area contributed by atoms with Crippen LogP contribution in [0.1, 0.15) is 31.2 Å². The van der Waals surface area contributed by atoms with Crippen molar-refractivity contribution in [3.8, 4) is 5.75 Å². The zero-order valence-electron chi connectivity index (χ0n) is 19.3. The van der Waals surface area contributed by atoms with E-state index in [4.69, 9.17) is 0 Å². The SMILES string of the molecule is C[C@@]12C(=O)N(c3ccccc3)C(=O)[C@@H]1C[C@@H]1C(=CC[C@@H]3C(=O)N(O)C(=O)[C@@H]31)[C@@H]2c1cccc(F)c1O. The second kappa shape index (κ2) is 7.57. The van der Waals surface area contributed by atoms with Crippen LogP contribution < -0.4 is 4.90 Å². The molecule has 2 heterocycles. The maximum Gasteiger partial charge on any atom is 0.257 e. The lowest BCUT2D eigenvalue weighted by Crippen LogP contribution is -2.48. The summed E-state index contributed by atoms with van der Waals surface area (Å²) < 4.78 is 14.6. The minimum absolute atomic E-state index is 0.108. The van der Waals surface area contributed by atoms with E-state index < -0.39 is 70.2 Å². The molecule has 9 heteroatoms. The molecule has 2 aliphatic heterocycles. The number of fused-ring (bicyclic) bond motifs is 4. The van der Waals surface area contributed by atoms with Crippen LogP contribution in [0.15, 0.2) is 60.2 Å². The monoisotopic (exact) mass is 490 g/mol. The molecular weight excluding hydrogens is 467 g/mol. The molecule has 6 atom stereocenters. The van der Waals surface area contributed by atoms with E-state index in [2.05, 4.69) is 0 Å². The number of amides is 4. The first kappa shape index (κ1) is 22.6. The first-order valence-electron chi connectivity index (χ1n) is 11.8. The van der Waals surface area contributed by atoms with Crippen molar-refractivity contribution in [3.05, 3.63) is 71.6 Å². The van der Waals surface area contributed by atoms with Gasteiger partial charge in [-0.3, -0.25) is 24.4 Å². The topological polar surface area (TPSA) is 115 Å². The van der Waals surface area contributed by atoms with E-state index in [1.54, 1.807) is 43.3 Å². The van der Waals surface area contributed by atoms with Gasteiger partial charge >= 0.3 is 0 Å².